The third kappa shape index (κ3) is 2.51. The Hall–Kier alpha value is -1.09. The van der Waals surface area contributed by atoms with Crippen LogP contribution in [-0.4, -0.2) is 14.5 Å². The molecule has 0 saturated heterocycles. The lowest BCUT2D eigenvalue weighted by Crippen LogP contribution is -2.11. The molecule has 0 aliphatic carbocycles. The van der Waals surface area contributed by atoms with Crippen molar-refractivity contribution in [1.82, 2.24) is 14.5 Å². The third-order valence-electron chi connectivity index (χ3n) is 3.12. The molecule has 2 rings (SSSR count). The summed E-state index contributed by atoms with van der Waals surface area (Å²) in [6.45, 7) is 8.68. The van der Waals surface area contributed by atoms with Crippen LogP contribution in [0.1, 0.15) is 44.8 Å². The van der Waals surface area contributed by atoms with Crippen molar-refractivity contribution in [2.75, 3.05) is 0 Å². The standard InChI is InChI=1S/C14H20ClN3/c1-9(2)7-11(4)18-13(8-15)17-12-6-5-10(3)16-14(12)18/h5-6,9,11H,7-8H2,1-4H3. The van der Waals surface area contributed by atoms with E-state index in [1.165, 1.54) is 0 Å². The molecular formula is C14H20ClN3. The maximum absolute atomic E-state index is 6.01. The minimum atomic E-state index is 0.373. The molecule has 0 aliphatic heterocycles. The Morgan fingerprint density at radius 2 is 1.94 bits per heavy atom. The summed E-state index contributed by atoms with van der Waals surface area (Å²) in [7, 11) is 0. The first-order chi connectivity index (χ1) is 8.52. The fraction of sp³-hybridized carbons (Fsp3) is 0.571. The van der Waals surface area contributed by atoms with Crippen LogP contribution >= 0.6 is 11.6 Å². The van der Waals surface area contributed by atoms with E-state index in [4.69, 9.17) is 11.6 Å². The molecule has 98 valence electrons. The summed E-state index contributed by atoms with van der Waals surface area (Å²) in [4.78, 5) is 9.18. The number of hydrogen-bond donors (Lipinski definition) is 0. The Balaban J connectivity index is 2.54. The summed E-state index contributed by atoms with van der Waals surface area (Å²) < 4.78 is 2.19. The minimum absolute atomic E-state index is 0.373. The predicted molar refractivity (Wildman–Crippen MR) is 76.0 cm³/mol. The normalized spacial score (nSPS) is 13.4. The maximum atomic E-state index is 6.01. The average Bonchev–Trinajstić information content (AvgIpc) is 2.65. The van der Waals surface area contributed by atoms with Crippen molar-refractivity contribution >= 4 is 22.8 Å². The molecule has 0 bridgehead atoms. The van der Waals surface area contributed by atoms with Gasteiger partial charge in [0.1, 0.15) is 11.3 Å². The highest BCUT2D eigenvalue weighted by molar-refractivity contribution is 6.16. The SMILES string of the molecule is Cc1ccc2nc(CCl)n(C(C)CC(C)C)c2n1. The van der Waals surface area contributed by atoms with Gasteiger partial charge in [-0.15, -0.1) is 11.6 Å². The molecule has 0 fully saturated rings. The molecule has 0 saturated carbocycles. The van der Waals surface area contributed by atoms with Gasteiger partial charge in [-0.05, 0) is 38.3 Å². The molecule has 3 nitrogen and oxygen atoms in total. The fourth-order valence-corrected chi connectivity index (χ4v) is 2.65. The second-order valence-corrected chi connectivity index (χ2v) is 5.57. The van der Waals surface area contributed by atoms with E-state index in [-0.39, 0.29) is 0 Å². The highest BCUT2D eigenvalue weighted by Crippen LogP contribution is 2.25. The Bertz CT molecular complexity index is 545. The number of halogens is 1. The lowest BCUT2D eigenvalue weighted by atomic mass is 10.1. The molecule has 1 unspecified atom stereocenters. The number of rotatable bonds is 4. The lowest BCUT2D eigenvalue weighted by Gasteiger charge is -2.18. The monoisotopic (exact) mass is 265 g/mol. The second-order valence-electron chi connectivity index (χ2n) is 5.31. The highest BCUT2D eigenvalue weighted by atomic mass is 35.5. The van der Waals surface area contributed by atoms with Gasteiger partial charge in [0.05, 0.1) is 5.88 Å². The largest absolute Gasteiger partial charge is 0.309 e. The quantitative estimate of drug-likeness (QED) is 0.780. The van der Waals surface area contributed by atoms with Gasteiger partial charge in [0, 0.05) is 11.7 Å². The molecule has 2 heterocycles. The van der Waals surface area contributed by atoms with Crippen molar-refractivity contribution in [2.45, 2.75) is 46.0 Å². The minimum Gasteiger partial charge on any atom is -0.309 e. The Morgan fingerprint density at radius 1 is 1.22 bits per heavy atom. The molecule has 0 N–H and O–H groups in total. The maximum Gasteiger partial charge on any atom is 0.160 e. The van der Waals surface area contributed by atoms with Crippen LogP contribution in [0, 0.1) is 12.8 Å². The van der Waals surface area contributed by atoms with E-state index in [2.05, 4.69) is 35.3 Å². The molecule has 0 aliphatic rings. The number of nitrogens with zero attached hydrogens (tertiary/aromatic N) is 3. The van der Waals surface area contributed by atoms with E-state index in [0.29, 0.717) is 17.8 Å². The van der Waals surface area contributed by atoms with Crippen LogP contribution in [0.4, 0.5) is 0 Å². The first kappa shape index (κ1) is 13.3. The van der Waals surface area contributed by atoms with Crippen LogP contribution < -0.4 is 0 Å². The first-order valence-electron chi connectivity index (χ1n) is 6.43. The van der Waals surface area contributed by atoms with E-state index in [1.807, 2.05) is 19.1 Å². The van der Waals surface area contributed by atoms with Crippen molar-refractivity contribution in [3.05, 3.63) is 23.7 Å². The van der Waals surface area contributed by atoms with Crippen molar-refractivity contribution in [2.24, 2.45) is 5.92 Å². The van der Waals surface area contributed by atoms with E-state index in [9.17, 15) is 0 Å². The van der Waals surface area contributed by atoms with Crippen molar-refractivity contribution < 1.29 is 0 Å². The third-order valence-corrected chi connectivity index (χ3v) is 3.36. The summed E-state index contributed by atoms with van der Waals surface area (Å²) in [6.07, 6.45) is 1.10. The molecule has 0 spiro atoms. The van der Waals surface area contributed by atoms with Gasteiger partial charge >= 0.3 is 0 Å². The molecule has 2 aromatic heterocycles. The molecule has 4 heteroatoms. The van der Waals surface area contributed by atoms with Crippen LogP contribution in [0.25, 0.3) is 11.2 Å². The number of aryl methyl sites for hydroxylation is 1. The molecule has 2 aromatic rings. The van der Waals surface area contributed by atoms with E-state index < -0.39 is 0 Å². The van der Waals surface area contributed by atoms with E-state index >= 15 is 0 Å². The summed E-state index contributed by atoms with van der Waals surface area (Å²) in [6, 6.07) is 4.38. The Kier molecular flexibility index (Phi) is 3.91. The molecule has 0 amide bonds. The van der Waals surface area contributed by atoms with E-state index in [0.717, 1.165) is 29.1 Å². The Labute approximate surface area is 113 Å². The topological polar surface area (TPSA) is 30.7 Å². The van der Waals surface area contributed by atoms with Crippen LogP contribution in [0.3, 0.4) is 0 Å². The van der Waals surface area contributed by atoms with Gasteiger partial charge in [0.25, 0.3) is 0 Å². The number of hydrogen-bond acceptors (Lipinski definition) is 2. The fourth-order valence-electron chi connectivity index (χ4n) is 2.46. The molecular weight excluding hydrogens is 246 g/mol. The number of aromatic nitrogens is 3. The van der Waals surface area contributed by atoms with Gasteiger partial charge in [-0.3, -0.25) is 0 Å². The smallest absolute Gasteiger partial charge is 0.160 e. The predicted octanol–water partition coefficient (Wildman–Crippen LogP) is 4.09. The van der Waals surface area contributed by atoms with Crippen LogP contribution in [0.5, 0.6) is 0 Å². The average molecular weight is 266 g/mol. The summed E-state index contributed by atoms with van der Waals surface area (Å²) in [5.41, 5.74) is 2.91. The second kappa shape index (κ2) is 5.27. The van der Waals surface area contributed by atoms with Crippen LogP contribution in [0.2, 0.25) is 0 Å². The van der Waals surface area contributed by atoms with Gasteiger partial charge in [-0.2, -0.15) is 0 Å². The zero-order valence-corrected chi connectivity index (χ0v) is 12.2. The summed E-state index contributed by atoms with van der Waals surface area (Å²) in [5, 5.41) is 0. The van der Waals surface area contributed by atoms with Crippen molar-refractivity contribution in [3.8, 4) is 0 Å². The van der Waals surface area contributed by atoms with Crippen molar-refractivity contribution in [1.29, 1.82) is 0 Å². The highest BCUT2D eigenvalue weighted by Gasteiger charge is 2.17. The number of imidazole rings is 1. The number of pyridine rings is 1. The number of alkyl halides is 1. The first-order valence-corrected chi connectivity index (χ1v) is 6.96. The van der Waals surface area contributed by atoms with Gasteiger partial charge in [0.15, 0.2) is 5.65 Å². The summed E-state index contributed by atoms with van der Waals surface area (Å²) in [5.74, 6) is 1.99. The summed E-state index contributed by atoms with van der Waals surface area (Å²) >= 11 is 6.01. The van der Waals surface area contributed by atoms with Gasteiger partial charge < -0.3 is 4.57 Å². The molecule has 0 radical (unpaired) electrons. The molecule has 1 atom stereocenters. The van der Waals surface area contributed by atoms with Gasteiger partial charge in [0.2, 0.25) is 0 Å². The van der Waals surface area contributed by atoms with Gasteiger partial charge in [-0.1, -0.05) is 13.8 Å². The van der Waals surface area contributed by atoms with Crippen molar-refractivity contribution in [3.63, 3.8) is 0 Å². The van der Waals surface area contributed by atoms with Crippen LogP contribution in [-0.2, 0) is 5.88 Å². The molecule has 0 aromatic carbocycles. The Morgan fingerprint density at radius 3 is 2.56 bits per heavy atom. The van der Waals surface area contributed by atoms with E-state index in [1.54, 1.807) is 0 Å². The zero-order valence-electron chi connectivity index (χ0n) is 11.4. The zero-order chi connectivity index (χ0) is 13.3. The van der Waals surface area contributed by atoms with Crippen LogP contribution in [0.15, 0.2) is 12.1 Å². The lowest BCUT2D eigenvalue weighted by molar-refractivity contribution is 0.427. The molecule has 18 heavy (non-hydrogen) atoms. The number of fused-ring (bicyclic) bond motifs is 1. The van der Waals surface area contributed by atoms with Gasteiger partial charge in [-0.25, -0.2) is 9.97 Å².